The Bertz CT molecular complexity index is 818. The Kier molecular flexibility index (Phi) is 4.13. The summed E-state index contributed by atoms with van der Waals surface area (Å²) in [4.78, 5) is 31.8. The second kappa shape index (κ2) is 6.39. The van der Waals surface area contributed by atoms with Crippen molar-refractivity contribution in [2.75, 3.05) is 12.4 Å². The molecule has 0 fully saturated rings. The first-order chi connectivity index (χ1) is 11.2. The first-order valence-corrected chi connectivity index (χ1v) is 7.07. The topological polar surface area (TPSA) is 106 Å². The van der Waals surface area contributed by atoms with Crippen molar-refractivity contribution in [2.24, 2.45) is 0 Å². The summed E-state index contributed by atoms with van der Waals surface area (Å²) >= 11 is 0. The van der Waals surface area contributed by atoms with Gasteiger partial charge in [-0.3, -0.25) is 0 Å². The number of imidazole rings is 1. The molecule has 0 saturated carbocycles. The number of ether oxygens (including phenoxy) is 1. The minimum atomic E-state index is -0.610. The number of aromatic amines is 1. The number of esters is 1. The predicted octanol–water partition coefficient (Wildman–Crippen LogP) is 1.25. The number of fused-ring (bicyclic) bond motifs is 1. The number of hydrogen-bond donors (Lipinski definition) is 2. The van der Waals surface area contributed by atoms with Gasteiger partial charge in [0.05, 0.1) is 19.0 Å². The quantitative estimate of drug-likeness (QED) is 0.683. The standard InChI is InChI=1S/C15H16N6O2/c1-9-3-4-11-13(20-9)14(19-8-18-11)21-12(15(22)23-2)5-10-6-16-7-17-10/h3-4,6-8,12H,5H2,1-2H3,(H,16,17)(H,18,19,21)/t12-/m0/s1. The molecular formula is C15H16N6O2. The molecule has 0 amide bonds. The van der Waals surface area contributed by atoms with Crippen molar-refractivity contribution >= 4 is 22.8 Å². The van der Waals surface area contributed by atoms with Gasteiger partial charge in [0.15, 0.2) is 5.82 Å². The van der Waals surface area contributed by atoms with Crippen LogP contribution in [0.3, 0.4) is 0 Å². The van der Waals surface area contributed by atoms with Crippen molar-refractivity contribution in [1.29, 1.82) is 0 Å². The fourth-order valence-corrected chi connectivity index (χ4v) is 2.26. The lowest BCUT2D eigenvalue weighted by molar-refractivity contribution is -0.141. The van der Waals surface area contributed by atoms with Crippen molar-refractivity contribution in [2.45, 2.75) is 19.4 Å². The molecule has 1 atom stereocenters. The summed E-state index contributed by atoms with van der Waals surface area (Å²) < 4.78 is 4.87. The third kappa shape index (κ3) is 3.25. The number of nitrogens with zero attached hydrogens (tertiary/aromatic N) is 4. The fraction of sp³-hybridized carbons (Fsp3) is 0.267. The van der Waals surface area contributed by atoms with Crippen LogP contribution in [-0.2, 0) is 16.0 Å². The summed E-state index contributed by atoms with van der Waals surface area (Å²) in [6, 6.07) is 3.13. The number of aromatic nitrogens is 5. The van der Waals surface area contributed by atoms with Gasteiger partial charge in [-0.2, -0.15) is 0 Å². The summed E-state index contributed by atoms with van der Waals surface area (Å²) in [5.74, 6) is 0.104. The van der Waals surface area contributed by atoms with Crippen molar-refractivity contribution in [3.63, 3.8) is 0 Å². The summed E-state index contributed by atoms with van der Waals surface area (Å²) in [6.07, 6.45) is 5.06. The lowest BCUT2D eigenvalue weighted by Crippen LogP contribution is -2.33. The first kappa shape index (κ1) is 14.9. The van der Waals surface area contributed by atoms with Gasteiger partial charge >= 0.3 is 5.97 Å². The van der Waals surface area contributed by atoms with Crippen LogP contribution in [0.2, 0.25) is 0 Å². The van der Waals surface area contributed by atoms with Crippen LogP contribution >= 0.6 is 0 Å². The Labute approximate surface area is 132 Å². The van der Waals surface area contributed by atoms with E-state index in [-0.39, 0.29) is 5.97 Å². The lowest BCUT2D eigenvalue weighted by Gasteiger charge is -2.17. The molecule has 0 aliphatic carbocycles. The molecule has 8 heteroatoms. The molecule has 0 spiro atoms. The van der Waals surface area contributed by atoms with Gasteiger partial charge in [0.25, 0.3) is 0 Å². The van der Waals surface area contributed by atoms with Gasteiger partial charge in [-0.1, -0.05) is 0 Å². The van der Waals surface area contributed by atoms with Gasteiger partial charge in [-0.05, 0) is 19.1 Å². The number of aryl methyl sites for hydroxylation is 1. The molecule has 2 N–H and O–H groups in total. The summed E-state index contributed by atoms with van der Waals surface area (Å²) in [5.41, 5.74) is 2.98. The Morgan fingerprint density at radius 1 is 1.39 bits per heavy atom. The summed E-state index contributed by atoms with van der Waals surface area (Å²) in [6.45, 7) is 1.89. The predicted molar refractivity (Wildman–Crippen MR) is 83.8 cm³/mol. The second-order valence-electron chi connectivity index (χ2n) is 5.04. The van der Waals surface area contributed by atoms with Crippen LogP contribution in [0, 0.1) is 6.92 Å². The number of pyridine rings is 1. The van der Waals surface area contributed by atoms with E-state index in [0.29, 0.717) is 23.3 Å². The molecule has 0 aliphatic heterocycles. The Morgan fingerprint density at radius 3 is 3.00 bits per heavy atom. The SMILES string of the molecule is COC(=O)[C@H](Cc1cnc[nH]1)Nc1ncnc2ccc(C)nc12. The van der Waals surface area contributed by atoms with E-state index in [4.69, 9.17) is 4.74 Å². The van der Waals surface area contributed by atoms with Crippen LogP contribution in [0.5, 0.6) is 0 Å². The molecule has 0 saturated heterocycles. The van der Waals surface area contributed by atoms with Crippen LogP contribution in [0.25, 0.3) is 11.0 Å². The summed E-state index contributed by atoms with van der Waals surface area (Å²) in [7, 11) is 1.35. The highest BCUT2D eigenvalue weighted by Crippen LogP contribution is 2.19. The molecule has 3 rings (SSSR count). The lowest BCUT2D eigenvalue weighted by atomic mass is 10.1. The van der Waals surface area contributed by atoms with Gasteiger partial charge < -0.3 is 15.0 Å². The first-order valence-electron chi connectivity index (χ1n) is 7.07. The zero-order chi connectivity index (χ0) is 16.2. The summed E-state index contributed by atoms with van der Waals surface area (Å²) in [5, 5.41) is 3.10. The highest BCUT2D eigenvalue weighted by atomic mass is 16.5. The number of H-pyrrole nitrogens is 1. The van der Waals surface area contributed by atoms with Crippen molar-refractivity contribution in [3.8, 4) is 0 Å². The van der Waals surface area contributed by atoms with Crippen LogP contribution in [0.15, 0.2) is 31.0 Å². The number of rotatable bonds is 5. The highest BCUT2D eigenvalue weighted by molar-refractivity contribution is 5.88. The fourth-order valence-electron chi connectivity index (χ4n) is 2.26. The maximum atomic E-state index is 12.1. The average molecular weight is 312 g/mol. The minimum Gasteiger partial charge on any atom is -0.467 e. The molecule has 3 aromatic heterocycles. The van der Waals surface area contributed by atoms with Crippen molar-refractivity contribution < 1.29 is 9.53 Å². The normalized spacial score (nSPS) is 12.1. The van der Waals surface area contributed by atoms with E-state index in [9.17, 15) is 4.79 Å². The number of hydrogen-bond acceptors (Lipinski definition) is 7. The zero-order valence-electron chi connectivity index (χ0n) is 12.8. The van der Waals surface area contributed by atoms with E-state index >= 15 is 0 Å². The van der Waals surface area contributed by atoms with Gasteiger partial charge in [-0.25, -0.2) is 24.7 Å². The Morgan fingerprint density at radius 2 is 2.26 bits per heavy atom. The average Bonchev–Trinajstić information content (AvgIpc) is 3.07. The van der Waals surface area contributed by atoms with Crippen LogP contribution in [0.1, 0.15) is 11.4 Å². The van der Waals surface area contributed by atoms with Crippen molar-refractivity contribution in [1.82, 2.24) is 24.9 Å². The molecule has 0 unspecified atom stereocenters. The van der Waals surface area contributed by atoms with E-state index in [1.807, 2.05) is 19.1 Å². The van der Waals surface area contributed by atoms with Crippen LogP contribution < -0.4 is 5.32 Å². The molecular weight excluding hydrogens is 296 g/mol. The number of carbonyl (C=O) groups excluding carboxylic acids is 1. The molecule has 3 aromatic rings. The highest BCUT2D eigenvalue weighted by Gasteiger charge is 2.22. The molecule has 118 valence electrons. The maximum absolute atomic E-state index is 12.1. The molecule has 8 nitrogen and oxygen atoms in total. The van der Waals surface area contributed by atoms with Gasteiger partial charge in [0.2, 0.25) is 0 Å². The van der Waals surface area contributed by atoms with E-state index in [1.165, 1.54) is 13.4 Å². The third-order valence-electron chi connectivity index (χ3n) is 3.40. The van der Waals surface area contributed by atoms with Crippen LogP contribution in [0.4, 0.5) is 5.82 Å². The second-order valence-corrected chi connectivity index (χ2v) is 5.04. The smallest absolute Gasteiger partial charge is 0.328 e. The van der Waals surface area contributed by atoms with E-state index < -0.39 is 6.04 Å². The molecule has 0 radical (unpaired) electrons. The van der Waals surface area contributed by atoms with Gasteiger partial charge in [0, 0.05) is 24.0 Å². The minimum absolute atomic E-state index is 0.390. The molecule has 3 heterocycles. The molecule has 0 bridgehead atoms. The van der Waals surface area contributed by atoms with Gasteiger partial charge in [0.1, 0.15) is 17.9 Å². The number of methoxy groups -OCH3 is 1. The third-order valence-corrected chi connectivity index (χ3v) is 3.40. The Hall–Kier alpha value is -3.03. The number of carbonyl (C=O) groups is 1. The molecule has 23 heavy (non-hydrogen) atoms. The zero-order valence-corrected chi connectivity index (χ0v) is 12.8. The van der Waals surface area contributed by atoms with E-state index in [2.05, 4.69) is 30.2 Å². The molecule has 0 aromatic carbocycles. The number of nitrogens with one attached hydrogen (secondary N) is 2. The van der Waals surface area contributed by atoms with Gasteiger partial charge in [-0.15, -0.1) is 0 Å². The van der Waals surface area contributed by atoms with E-state index in [1.54, 1.807) is 12.5 Å². The monoisotopic (exact) mass is 312 g/mol. The molecule has 0 aliphatic rings. The Balaban J connectivity index is 1.93. The largest absolute Gasteiger partial charge is 0.467 e. The van der Waals surface area contributed by atoms with E-state index in [0.717, 1.165) is 11.4 Å². The van der Waals surface area contributed by atoms with Crippen molar-refractivity contribution in [3.05, 3.63) is 42.4 Å². The van der Waals surface area contributed by atoms with Crippen LogP contribution in [-0.4, -0.2) is 44.0 Å². The number of anilines is 1. The maximum Gasteiger partial charge on any atom is 0.328 e.